The van der Waals surface area contributed by atoms with Crippen molar-refractivity contribution in [2.24, 2.45) is 0 Å². The number of piperidine rings is 1. The van der Waals surface area contributed by atoms with Gasteiger partial charge in [0, 0.05) is 25.9 Å². The molecule has 0 N–H and O–H groups in total. The maximum Gasteiger partial charge on any atom is 0.410 e. The van der Waals surface area contributed by atoms with Crippen LogP contribution in [0, 0.1) is 0 Å². The molecule has 0 spiro atoms. The number of ether oxygens (including phenoxy) is 3. The van der Waals surface area contributed by atoms with Crippen LogP contribution in [0.3, 0.4) is 0 Å². The molecule has 0 unspecified atom stereocenters. The molecule has 2 fully saturated rings. The zero-order valence-corrected chi connectivity index (χ0v) is 19.0. The van der Waals surface area contributed by atoms with Crippen LogP contribution in [-0.2, 0) is 14.6 Å². The van der Waals surface area contributed by atoms with Gasteiger partial charge in [-0.1, -0.05) is 0 Å². The summed E-state index contributed by atoms with van der Waals surface area (Å²) in [6, 6.07) is 7.93. The average Bonchev–Trinajstić information content (AvgIpc) is 3.61. The van der Waals surface area contributed by atoms with E-state index in [0.29, 0.717) is 48.3 Å². The molecule has 1 aliphatic carbocycles. The van der Waals surface area contributed by atoms with Gasteiger partial charge in [0.1, 0.15) is 18.2 Å². The maximum atomic E-state index is 12.3. The van der Waals surface area contributed by atoms with Crippen molar-refractivity contribution in [3.8, 4) is 17.5 Å². The number of benzene rings is 1. The first kappa shape index (κ1) is 22.3. The van der Waals surface area contributed by atoms with Crippen LogP contribution in [0.2, 0.25) is 0 Å². The van der Waals surface area contributed by atoms with Crippen molar-refractivity contribution < 1.29 is 27.4 Å². The third-order valence-corrected chi connectivity index (χ3v) is 7.56. The van der Waals surface area contributed by atoms with E-state index < -0.39 is 9.84 Å². The molecule has 0 radical (unpaired) electrons. The van der Waals surface area contributed by atoms with Gasteiger partial charge in [-0.3, -0.25) is 0 Å². The fourth-order valence-electron chi connectivity index (χ4n) is 3.44. The Labute approximate surface area is 187 Å². The molecule has 2 aromatic rings. The summed E-state index contributed by atoms with van der Waals surface area (Å²) in [5, 5.41) is -0.247. The lowest BCUT2D eigenvalue weighted by Gasteiger charge is -2.31. The van der Waals surface area contributed by atoms with Gasteiger partial charge in [-0.15, -0.1) is 0 Å². The number of amides is 1. The average molecular weight is 462 g/mol. The number of aromatic nitrogens is 2. The van der Waals surface area contributed by atoms with Gasteiger partial charge < -0.3 is 19.1 Å². The third kappa shape index (κ3) is 5.48. The van der Waals surface area contributed by atoms with Crippen molar-refractivity contribution in [1.29, 1.82) is 0 Å². The van der Waals surface area contributed by atoms with Crippen molar-refractivity contribution in [3.63, 3.8) is 0 Å². The first-order valence-corrected chi connectivity index (χ1v) is 12.3. The fraction of sp³-hybridized carbons (Fsp3) is 0.500. The van der Waals surface area contributed by atoms with Gasteiger partial charge in [-0.05, 0) is 51.0 Å². The molecule has 0 bridgehead atoms. The fourth-order valence-corrected chi connectivity index (χ4v) is 5.09. The van der Waals surface area contributed by atoms with Crippen molar-refractivity contribution in [1.82, 2.24) is 14.9 Å². The monoisotopic (exact) mass is 461 g/mol. The molecule has 172 valence electrons. The second-order valence-electron chi connectivity index (χ2n) is 8.25. The van der Waals surface area contributed by atoms with E-state index in [0.717, 1.165) is 12.8 Å². The third-order valence-electron chi connectivity index (χ3n) is 5.28. The quantitative estimate of drug-likeness (QED) is 0.616. The van der Waals surface area contributed by atoms with E-state index in [9.17, 15) is 13.2 Å². The summed E-state index contributed by atoms with van der Waals surface area (Å²) < 4.78 is 41.5. The standard InChI is InChI=1S/C22H27N3O6S/c1-15(2)29-22(26)25-11-9-17(10-12-25)31-21-13-20(23-14-24-21)30-16-3-5-18(6-4-16)32(27,28)19-7-8-19/h3-6,13-15,17,19H,7-12H2,1-2H3. The minimum atomic E-state index is -3.23. The summed E-state index contributed by atoms with van der Waals surface area (Å²) in [7, 11) is -3.23. The number of sulfone groups is 1. The Morgan fingerprint density at radius 2 is 1.69 bits per heavy atom. The molecule has 1 aromatic heterocycles. The SMILES string of the molecule is CC(C)OC(=O)N1CCC(Oc2cc(Oc3ccc(S(=O)(=O)C4CC4)cc3)ncn2)CC1. The van der Waals surface area contributed by atoms with Gasteiger partial charge in [0.25, 0.3) is 0 Å². The predicted molar refractivity (Wildman–Crippen MR) is 116 cm³/mol. The Morgan fingerprint density at radius 3 is 2.31 bits per heavy atom. The van der Waals surface area contributed by atoms with E-state index in [2.05, 4.69) is 9.97 Å². The number of hydrogen-bond donors (Lipinski definition) is 0. The van der Waals surface area contributed by atoms with Gasteiger partial charge in [-0.25, -0.2) is 23.2 Å². The van der Waals surface area contributed by atoms with Crippen LogP contribution in [0.25, 0.3) is 0 Å². The number of hydrogen-bond acceptors (Lipinski definition) is 8. The first-order valence-electron chi connectivity index (χ1n) is 10.8. The van der Waals surface area contributed by atoms with Crippen molar-refractivity contribution in [3.05, 3.63) is 36.7 Å². The van der Waals surface area contributed by atoms with E-state index in [4.69, 9.17) is 14.2 Å². The van der Waals surface area contributed by atoms with Crippen molar-refractivity contribution in [2.75, 3.05) is 13.1 Å². The highest BCUT2D eigenvalue weighted by molar-refractivity contribution is 7.92. The van der Waals surface area contributed by atoms with E-state index >= 15 is 0 Å². The summed E-state index contributed by atoms with van der Waals surface area (Å²) in [5.74, 6) is 1.15. The summed E-state index contributed by atoms with van der Waals surface area (Å²) >= 11 is 0. The Morgan fingerprint density at radius 1 is 1.03 bits per heavy atom. The van der Waals surface area contributed by atoms with Crippen molar-refractivity contribution in [2.45, 2.75) is 61.9 Å². The molecule has 2 heterocycles. The summed E-state index contributed by atoms with van der Waals surface area (Å²) in [4.78, 5) is 22.2. The Balaban J connectivity index is 1.32. The number of nitrogens with zero attached hydrogens (tertiary/aromatic N) is 3. The van der Waals surface area contributed by atoms with Crippen molar-refractivity contribution >= 4 is 15.9 Å². The Hall–Kier alpha value is -2.88. The second kappa shape index (κ2) is 9.32. The lowest BCUT2D eigenvalue weighted by atomic mass is 10.1. The van der Waals surface area contributed by atoms with Gasteiger partial charge in [0.15, 0.2) is 9.84 Å². The lowest BCUT2D eigenvalue weighted by molar-refractivity contribution is 0.0507. The molecular weight excluding hydrogens is 434 g/mol. The van der Waals surface area contributed by atoms with Crippen LogP contribution in [0.4, 0.5) is 4.79 Å². The number of carbonyl (C=O) groups is 1. The molecule has 4 rings (SSSR count). The van der Waals surface area contributed by atoms with Crippen LogP contribution < -0.4 is 9.47 Å². The Kier molecular flexibility index (Phi) is 6.50. The van der Waals surface area contributed by atoms with E-state index in [1.165, 1.54) is 6.33 Å². The van der Waals surface area contributed by atoms with Gasteiger partial charge in [0.05, 0.1) is 22.3 Å². The highest BCUT2D eigenvalue weighted by Crippen LogP contribution is 2.34. The number of rotatable bonds is 7. The highest BCUT2D eigenvalue weighted by Gasteiger charge is 2.36. The van der Waals surface area contributed by atoms with E-state index in [1.54, 1.807) is 35.2 Å². The molecule has 1 saturated heterocycles. The largest absolute Gasteiger partial charge is 0.474 e. The predicted octanol–water partition coefficient (Wildman–Crippen LogP) is 3.59. The number of carbonyl (C=O) groups excluding carboxylic acids is 1. The molecule has 1 saturated carbocycles. The normalized spacial score (nSPS) is 17.3. The minimum absolute atomic E-state index is 0.0761. The van der Waals surface area contributed by atoms with Gasteiger partial charge in [0.2, 0.25) is 11.8 Å². The minimum Gasteiger partial charge on any atom is -0.474 e. The molecule has 9 nitrogen and oxygen atoms in total. The number of likely N-dealkylation sites (tertiary alicyclic amines) is 1. The first-order chi connectivity index (χ1) is 15.3. The van der Waals surface area contributed by atoms with Crippen LogP contribution in [0.5, 0.6) is 17.5 Å². The molecule has 1 aliphatic heterocycles. The van der Waals surface area contributed by atoms with E-state index in [-0.39, 0.29) is 23.6 Å². The zero-order valence-electron chi connectivity index (χ0n) is 18.1. The topological polar surface area (TPSA) is 108 Å². The van der Waals surface area contributed by atoms with Gasteiger partial charge in [-0.2, -0.15) is 0 Å². The molecule has 0 atom stereocenters. The molecule has 2 aliphatic rings. The Bertz CT molecular complexity index is 1050. The van der Waals surface area contributed by atoms with Gasteiger partial charge >= 0.3 is 6.09 Å². The zero-order chi connectivity index (χ0) is 22.7. The maximum absolute atomic E-state index is 12.3. The summed E-state index contributed by atoms with van der Waals surface area (Å²) in [6.07, 6.45) is 3.63. The van der Waals surface area contributed by atoms with Crippen LogP contribution in [-0.4, -0.2) is 59.9 Å². The lowest BCUT2D eigenvalue weighted by Crippen LogP contribution is -2.42. The van der Waals surface area contributed by atoms with Crippen LogP contribution in [0.1, 0.15) is 39.5 Å². The summed E-state index contributed by atoms with van der Waals surface area (Å²) in [6.45, 7) is 4.77. The molecule has 10 heteroatoms. The van der Waals surface area contributed by atoms with Crippen LogP contribution >= 0.6 is 0 Å². The molecule has 32 heavy (non-hydrogen) atoms. The molecule has 1 aromatic carbocycles. The second-order valence-corrected chi connectivity index (χ2v) is 10.5. The molecular formula is C22H27N3O6S. The van der Waals surface area contributed by atoms with Crippen LogP contribution in [0.15, 0.2) is 41.6 Å². The van der Waals surface area contributed by atoms with E-state index in [1.807, 2.05) is 13.8 Å². The smallest absolute Gasteiger partial charge is 0.410 e. The highest BCUT2D eigenvalue weighted by atomic mass is 32.2. The molecule has 1 amide bonds. The summed E-state index contributed by atoms with van der Waals surface area (Å²) in [5.41, 5.74) is 0.